The van der Waals surface area contributed by atoms with Crippen molar-refractivity contribution in [1.82, 2.24) is 14.8 Å². The number of aromatic nitrogens is 1. The zero-order valence-corrected chi connectivity index (χ0v) is 19.7. The number of benzene rings is 1. The third-order valence-corrected chi connectivity index (χ3v) is 6.29. The van der Waals surface area contributed by atoms with Gasteiger partial charge in [0.15, 0.2) is 6.61 Å². The lowest BCUT2D eigenvalue weighted by atomic mass is 9.99. The molecule has 1 aromatic heterocycles. The number of ether oxygens (including phenoxy) is 3. The second-order valence-electron chi connectivity index (χ2n) is 9.02. The van der Waals surface area contributed by atoms with Crippen molar-refractivity contribution in [3.05, 3.63) is 59.9 Å². The molecular formula is C26H33N3O5. The third-order valence-electron chi connectivity index (χ3n) is 6.29. The smallest absolute Gasteiger partial charge is 0.261 e. The van der Waals surface area contributed by atoms with Crippen LogP contribution in [0.3, 0.4) is 0 Å². The molecule has 2 amide bonds. The molecule has 4 rings (SSSR count). The summed E-state index contributed by atoms with van der Waals surface area (Å²) in [4.78, 5) is 33.7. The van der Waals surface area contributed by atoms with Crippen LogP contribution in [0, 0.1) is 12.8 Å². The third kappa shape index (κ3) is 7.01. The topological polar surface area (TPSA) is 81.2 Å². The van der Waals surface area contributed by atoms with Gasteiger partial charge in [0.1, 0.15) is 5.75 Å². The molecule has 2 fully saturated rings. The lowest BCUT2D eigenvalue weighted by Crippen LogP contribution is -2.43. The molecule has 1 atom stereocenters. The van der Waals surface area contributed by atoms with Gasteiger partial charge in [-0.1, -0.05) is 23.8 Å². The van der Waals surface area contributed by atoms with E-state index >= 15 is 0 Å². The van der Waals surface area contributed by atoms with Gasteiger partial charge in [-0.25, -0.2) is 0 Å². The standard InChI is InChI=1S/C26H33N3O5/c1-20-4-6-23(7-5-20)34-19-26(31)29-16-24(33-18-22-3-2-10-27-13-22)15-28(25(30)17-29)14-21-8-11-32-12-9-21/h2-7,10,13,21,24H,8-9,11-12,14-19H2,1H3/t24-/m0/s1. The Morgan fingerprint density at radius 1 is 1.15 bits per heavy atom. The zero-order chi connectivity index (χ0) is 23.8. The average molecular weight is 468 g/mol. The van der Waals surface area contributed by atoms with Gasteiger partial charge in [-0.15, -0.1) is 0 Å². The van der Waals surface area contributed by atoms with E-state index in [0.29, 0.717) is 37.9 Å². The summed E-state index contributed by atoms with van der Waals surface area (Å²) in [5, 5.41) is 0. The Hall–Kier alpha value is -2.97. The summed E-state index contributed by atoms with van der Waals surface area (Å²) in [6.45, 7) is 5.21. The van der Waals surface area contributed by atoms with Gasteiger partial charge in [0, 0.05) is 45.2 Å². The molecule has 2 saturated heterocycles. The van der Waals surface area contributed by atoms with Gasteiger partial charge in [-0.05, 0) is 49.4 Å². The number of carbonyl (C=O) groups is 2. The van der Waals surface area contributed by atoms with E-state index in [-0.39, 0.29) is 31.1 Å². The molecule has 1 aromatic carbocycles. The van der Waals surface area contributed by atoms with Gasteiger partial charge < -0.3 is 24.0 Å². The van der Waals surface area contributed by atoms with Gasteiger partial charge in [0.05, 0.1) is 19.3 Å². The van der Waals surface area contributed by atoms with Crippen molar-refractivity contribution < 1.29 is 23.8 Å². The molecule has 34 heavy (non-hydrogen) atoms. The minimum absolute atomic E-state index is 0.0338. The molecule has 0 spiro atoms. The maximum atomic E-state index is 13.1. The highest BCUT2D eigenvalue weighted by molar-refractivity contribution is 5.86. The molecule has 2 aliphatic heterocycles. The molecule has 2 aliphatic rings. The second-order valence-corrected chi connectivity index (χ2v) is 9.02. The first-order chi connectivity index (χ1) is 16.6. The van der Waals surface area contributed by atoms with Crippen LogP contribution in [0.25, 0.3) is 0 Å². The first kappa shape index (κ1) is 24.2. The highest BCUT2D eigenvalue weighted by Crippen LogP contribution is 2.19. The normalized spacial score (nSPS) is 19.7. The van der Waals surface area contributed by atoms with Gasteiger partial charge in [0.25, 0.3) is 5.91 Å². The van der Waals surface area contributed by atoms with E-state index in [0.717, 1.165) is 37.2 Å². The fraction of sp³-hybridized carbons (Fsp3) is 0.500. The average Bonchev–Trinajstić information content (AvgIpc) is 3.02. The summed E-state index contributed by atoms with van der Waals surface area (Å²) in [5.41, 5.74) is 2.07. The number of amides is 2. The van der Waals surface area contributed by atoms with Crippen LogP contribution in [0.15, 0.2) is 48.8 Å². The fourth-order valence-electron chi connectivity index (χ4n) is 4.26. The van der Waals surface area contributed by atoms with Crippen molar-refractivity contribution in [3.8, 4) is 5.75 Å². The Kier molecular flexibility index (Phi) is 8.49. The van der Waals surface area contributed by atoms with E-state index in [1.54, 1.807) is 17.3 Å². The molecule has 8 heteroatoms. The van der Waals surface area contributed by atoms with Crippen LogP contribution in [-0.2, 0) is 25.7 Å². The maximum Gasteiger partial charge on any atom is 0.261 e. The first-order valence-electron chi connectivity index (χ1n) is 11.9. The number of hydrogen-bond acceptors (Lipinski definition) is 6. The number of rotatable bonds is 8. The molecule has 0 radical (unpaired) electrons. The molecule has 2 aromatic rings. The van der Waals surface area contributed by atoms with Gasteiger partial charge in [0.2, 0.25) is 5.91 Å². The second kappa shape index (κ2) is 11.9. The van der Waals surface area contributed by atoms with E-state index in [2.05, 4.69) is 4.98 Å². The van der Waals surface area contributed by atoms with Crippen molar-refractivity contribution in [3.63, 3.8) is 0 Å². The predicted octanol–water partition coefficient (Wildman–Crippen LogP) is 2.45. The fourth-order valence-corrected chi connectivity index (χ4v) is 4.26. The maximum absolute atomic E-state index is 13.1. The predicted molar refractivity (Wildman–Crippen MR) is 126 cm³/mol. The SMILES string of the molecule is Cc1ccc(OCC(=O)N2CC(=O)N(CC3CCOCC3)C[C@H](OCc3cccnc3)C2)cc1. The number of nitrogens with zero attached hydrogens (tertiary/aromatic N) is 3. The van der Waals surface area contributed by atoms with Gasteiger partial charge >= 0.3 is 0 Å². The number of pyridine rings is 1. The van der Waals surface area contributed by atoms with Crippen LogP contribution in [0.2, 0.25) is 0 Å². The first-order valence-corrected chi connectivity index (χ1v) is 11.9. The molecule has 3 heterocycles. The van der Waals surface area contributed by atoms with Crippen LogP contribution >= 0.6 is 0 Å². The summed E-state index contributed by atoms with van der Waals surface area (Å²) < 4.78 is 17.3. The summed E-state index contributed by atoms with van der Waals surface area (Å²) in [6.07, 6.45) is 5.07. The van der Waals surface area contributed by atoms with Gasteiger partial charge in [-0.3, -0.25) is 14.6 Å². The number of aryl methyl sites for hydroxylation is 1. The van der Waals surface area contributed by atoms with E-state index in [1.807, 2.05) is 48.2 Å². The molecule has 0 N–H and O–H groups in total. The van der Waals surface area contributed by atoms with E-state index in [1.165, 1.54) is 0 Å². The summed E-state index contributed by atoms with van der Waals surface area (Å²) in [7, 11) is 0. The zero-order valence-electron chi connectivity index (χ0n) is 19.7. The van der Waals surface area contributed by atoms with Crippen LogP contribution in [0.4, 0.5) is 0 Å². The highest BCUT2D eigenvalue weighted by atomic mass is 16.5. The largest absolute Gasteiger partial charge is 0.484 e. The van der Waals surface area contributed by atoms with Crippen molar-refractivity contribution in [2.45, 2.75) is 32.5 Å². The molecule has 0 bridgehead atoms. The molecule has 0 unspecified atom stereocenters. The van der Waals surface area contributed by atoms with Crippen LogP contribution < -0.4 is 4.74 Å². The Balaban J connectivity index is 1.41. The Morgan fingerprint density at radius 3 is 2.68 bits per heavy atom. The van der Waals surface area contributed by atoms with Gasteiger partial charge in [-0.2, -0.15) is 0 Å². The number of hydrogen-bond donors (Lipinski definition) is 0. The quantitative estimate of drug-likeness (QED) is 0.593. The number of carbonyl (C=O) groups excluding carboxylic acids is 2. The van der Waals surface area contributed by atoms with Crippen molar-refractivity contribution >= 4 is 11.8 Å². The van der Waals surface area contributed by atoms with E-state index in [4.69, 9.17) is 14.2 Å². The Labute approximate surface area is 200 Å². The van der Waals surface area contributed by atoms with Crippen LogP contribution in [-0.4, -0.2) is 78.7 Å². The van der Waals surface area contributed by atoms with Crippen LogP contribution in [0.1, 0.15) is 24.0 Å². The minimum atomic E-state index is -0.296. The lowest BCUT2D eigenvalue weighted by molar-refractivity contribution is -0.140. The molecular weight excluding hydrogens is 434 g/mol. The van der Waals surface area contributed by atoms with E-state index in [9.17, 15) is 9.59 Å². The molecule has 0 saturated carbocycles. The monoisotopic (exact) mass is 467 g/mol. The minimum Gasteiger partial charge on any atom is -0.484 e. The van der Waals surface area contributed by atoms with Crippen molar-refractivity contribution in [1.29, 1.82) is 0 Å². The lowest BCUT2D eigenvalue weighted by Gasteiger charge is -2.30. The Bertz CT molecular complexity index is 931. The van der Waals surface area contributed by atoms with E-state index < -0.39 is 0 Å². The van der Waals surface area contributed by atoms with Crippen LogP contribution in [0.5, 0.6) is 5.75 Å². The summed E-state index contributed by atoms with van der Waals surface area (Å²) in [5.74, 6) is 0.758. The van der Waals surface area contributed by atoms with Crippen molar-refractivity contribution in [2.24, 2.45) is 5.92 Å². The summed E-state index contributed by atoms with van der Waals surface area (Å²) in [6, 6.07) is 11.4. The highest BCUT2D eigenvalue weighted by Gasteiger charge is 2.32. The Morgan fingerprint density at radius 2 is 1.94 bits per heavy atom. The molecule has 0 aliphatic carbocycles. The molecule has 182 valence electrons. The summed E-state index contributed by atoms with van der Waals surface area (Å²) >= 11 is 0. The molecule has 8 nitrogen and oxygen atoms in total. The van der Waals surface area contributed by atoms with Crippen molar-refractivity contribution in [2.75, 3.05) is 46.0 Å².